The van der Waals surface area contributed by atoms with Crippen molar-refractivity contribution < 1.29 is 23.9 Å². The van der Waals surface area contributed by atoms with Crippen LogP contribution in [-0.4, -0.2) is 32.3 Å². The lowest BCUT2D eigenvalue weighted by atomic mass is 10.2. The minimum atomic E-state index is -0.556. The highest BCUT2D eigenvalue weighted by atomic mass is 35.5. The van der Waals surface area contributed by atoms with Gasteiger partial charge in [-0.2, -0.15) is 0 Å². The molecule has 0 unspecified atom stereocenters. The molecule has 0 bridgehead atoms. The van der Waals surface area contributed by atoms with Crippen LogP contribution in [0.25, 0.3) is 0 Å². The third-order valence-electron chi connectivity index (χ3n) is 3.30. The molecule has 0 aliphatic carbocycles. The molecule has 26 heavy (non-hydrogen) atoms. The first-order valence-electron chi connectivity index (χ1n) is 7.51. The van der Waals surface area contributed by atoms with E-state index in [2.05, 4.69) is 15.2 Å². The Labute approximate surface area is 155 Å². The Hall–Kier alpha value is -3.06. The third kappa shape index (κ3) is 5.22. The maximum absolute atomic E-state index is 11.9. The van der Waals surface area contributed by atoms with Gasteiger partial charge in [0.1, 0.15) is 18.6 Å². The molecule has 0 spiro atoms. The van der Waals surface area contributed by atoms with E-state index < -0.39 is 11.9 Å². The summed E-state index contributed by atoms with van der Waals surface area (Å²) in [5.41, 5.74) is 1.24. The molecule has 136 valence electrons. The molecule has 0 heterocycles. The van der Waals surface area contributed by atoms with E-state index >= 15 is 0 Å². The predicted octanol–water partition coefficient (Wildman–Crippen LogP) is 3.28. The highest BCUT2D eigenvalue weighted by Crippen LogP contribution is 2.23. The number of amides is 1. The second kappa shape index (κ2) is 9.43. The van der Waals surface area contributed by atoms with E-state index in [-0.39, 0.29) is 12.2 Å². The molecule has 1 amide bonds. The average Bonchev–Trinajstić information content (AvgIpc) is 2.65. The van der Waals surface area contributed by atoms with Gasteiger partial charge in [0.15, 0.2) is 0 Å². The molecule has 0 fully saturated rings. The Kier molecular flexibility index (Phi) is 6.99. The van der Waals surface area contributed by atoms with E-state index in [0.717, 1.165) is 6.21 Å². The molecule has 0 aromatic heterocycles. The van der Waals surface area contributed by atoms with Crippen molar-refractivity contribution in [3.8, 4) is 5.75 Å². The topological polar surface area (TPSA) is 86.2 Å². The maximum atomic E-state index is 11.9. The predicted molar refractivity (Wildman–Crippen MR) is 97.7 cm³/mol. The number of hydrogen-bond donors (Lipinski definition) is 1. The number of rotatable bonds is 7. The molecule has 8 heteroatoms. The second-order valence-corrected chi connectivity index (χ2v) is 5.43. The maximum Gasteiger partial charge on any atom is 0.339 e. The van der Waals surface area contributed by atoms with Gasteiger partial charge in [0, 0.05) is 10.6 Å². The summed E-state index contributed by atoms with van der Waals surface area (Å²) in [6.45, 7) is 0.0757. The molecule has 0 atom stereocenters. The zero-order valence-electron chi connectivity index (χ0n) is 14.2. The number of oxime groups is 1. The fourth-order valence-corrected chi connectivity index (χ4v) is 2.29. The summed E-state index contributed by atoms with van der Waals surface area (Å²) >= 11 is 5.93. The molecular formula is C18H17ClN2O5. The Morgan fingerprint density at radius 1 is 1.19 bits per heavy atom. The first-order valence-corrected chi connectivity index (χ1v) is 7.89. The lowest BCUT2D eigenvalue weighted by Gasteiger charge is -2.08. The summed E-state index contributed by atoms with van der Waals surface area (Å²) in [7, 11) is 2.79. The molecule has 0 radical (unpaired) electrons. The van der Waals surface area contributed by atoms with Gasteiger partial charge >= 0.3 is 5.97 Å². The van der Waals surface area contributed by atoms with Gasteiger partial charge in [-0.1, -0.05) is 28.9 Å². The number of esters is 1. The number of benzene rings is 2. The van der Waals surface area contributed by atoms with Crippen LogP contribution in [-0.2, 0) is 21.0 Å². The number of nitrogens with one attached hydrogen (secondary N) is 1. The van der Waals surface area contributed by atoms with E-state index in [9.17, 15) is 9.59 Å². The van der Waals surface area contributed by atoms with Crippen molar-refractivity contribution in [2.24, 2.45) is 5.16 Å². The quantitative estimate of drug-likeness (QED) is 0.455. The molecule has 2 aromatic rings. The van der Waals surface area contributed by atoms with Gasteiger partial charge in [-0.05, 0) is 30.3 Å². The standard InChI is InChI=1S/C18H17ClN2O5/c1-24-16-8-7-13(19)9-12(16)11-26-20-10-17(22)21-15-6-4-3-5-14(15)18(23)25-2/h3-10H,11H2,1-2H3,(H,21,22). The van der Waals surface area contributed by atoms with E-state index in [1.165, 1.54) is 14.2 Å². The second-order valence-electron chi connectivity index (χ2n) is 4.99. The summed E-state index contributed by atoms with van der Waals surface area (Å²) in [6, 6.07) is 11.6. The van der Waals surface area contributed by atoms with Gasteiger partial charge in [-0.15, -0.1) is 0 Å². The number of halogens is 1. The lowest BCUT2D eigenvalue weighted by Crippen LogP contribution is -2.16. The van der Waals surface area contributed by atoms with Crippen LogP contribution in [0.4, 0.5) is 5.69 Å². The Bertz CT molecular complexity index is 823. The van der Waals surface area contributed by atoms with Gasteiger partial charge in [-0.25, -0.2) is 4.79 Å². The molecule has 2 aromatic carbocycles. The number of carbonyl (C=O) groups excluding carboxylic acids is 2. The number of methoxy groups -OCH3 is 2. The van der Waals surface area contributed by atoms with Crippen molar-refractivity contribution in [1.29, 1.82) is 0 Å². The van der Waals surface area contributed by atoms with Gasteiger partial charge in [0.05, 0.1) is 25.5 Å². The monoisotopic (exact) mass is 376 g/mol. The van der Waals surface area contributed by atoms with Crippen molar-refractivity contribution in [1.82, 2.24) is 0 Å². The van der Waals surface area contributed by atoms with E-state index in [4.69, 9.17) is 21.2 Å². The van der Waals surface area contributed by atoms with Crippen LogP contribution in [0.15, 0.2) is 47.6 Å². The van der Waals surface area contributed by atoms with E-state index in [0.29, 0.717) is 22.0 Å². The number of carbonyl (C=O) groups is 2. The average molecular weight is 377 g/mol. The first kappa shape index (κ1) is 19.3. The molecule has 0 saturated carbocycles. The van der Waals surface area contributed by atoms with Crippen molar-refractivity contribution in [2.45, 2.75) is 6.61 Å². The van der Waals surface area contributed by atoms with Crippen molar-refractivity contribution >= 4 is 35.4 Å². The highest BCUT2D eigenvalue weighted by molar-refractivity contribution is 6.32. The molecule has 0 aliphatic heterocycles. The fourth-order valence-electron chi connectivity index (χ4n) is 2.10. The Morgan fingerprint density at radius 2 is 1.96 bits per heavy atom. The molecule has 7 nitrogen and oxygen atoms in total. The number of anilines is 1. The summed E-state index contributed by atoms with van der Waals surface area (Å²) < 4.78 is 9.86. The molecule has 1 N–H and O–H groups in total. The summed E-state index contributed by atoms with van der Waals surface area (Å²) in [6.07, 6.45) is 0.963. The first-order chi connectivity index (χ1) is 12.5. The summed E-state index contributed by atoms with van der Waals surface area (Å²) in [5.74, 6) is -0.511. The zero-order chi connectivity index (χ0) is 18.9. The van der Waals surface area contributed by atoms with Crippen LogP contribution in [0.2, 0.25) is 5.02 Å². The number of para-hydroxylation sites is 1. The van der Waals surface area contributed by atoms with Gasteiger partial charge in [-0.3, -0.25) is 4.79 Å². The number of ether oxygens (including phenoxy) is 2. The Morgan fingerprint density at radius 3 is 2.69 bits per heavy atom. The molecular weight excluding hydrogens is 360 g/mol. The number of hydrogen-bond acceptors (Lipinski definition) is 6. The van der Waals surface area contributed by atoms with Gasteiger partial charge in [0.2, 0.25) is 0 Å². The largest absolute Gasteiger partial charge is 0.496 e. The van der Waals surface area contributed by atoms with Gasteiger partial charge < -0.3 is 19.6 Å². The molecule has 2 rings (SSSR count). The Balaban J connectivity index is 1.95. The van der Waals surface area contributed by atoms with E-state index in [1.54, 1.807) is 42.5 Å². The normalized spacial score (nSPS) is 10.4. The summed E-state index contributed by atoms with van der Waals surface area (Å²) in [4.78, 5) is 28.7. The van der Waals surface area contributed by atoms with Crippen LogP contribution < -0.4 is 10.1 Å². The van der Waals surface area contributed by atoms with Crippen LogP contribution in [0, 0.1) is 0 Å². The van der Waals surface area contributed by atoms with Crippen LogP contribution in [0.5, 0.6) is 5.75 Å². The van der Waals surface area contributed by atoms with E-state index in [1.807, 2.05) is 0 Å². The minimum Gasteiger partial charge on any atom is -0.496 e. The van der Waals surface area contributed by atoms with Crippen molar-refractivity contribution in [3.63, 3.8) is 0 Å². The lowest BCUT2D eigenvalue weighted by molar-refractivity contribution is -0.110. The minimum absolute atomic E-state index is 0.0757. The molecule has 0 saturated heterocycles. The van der Waals surface area contributed by atoms with Crippen LogP contribution >= 0.6 is 11.6 Å². The smallest absolute Gasteiger partial charge is 0.339 e. The van der Waals surface area contributed by atoms with Crippen molar-refractivity contribution in [3.05, 3.63) is 58.6 Å². The third-order valence-corrected chi connectivity index (χ3v) is 3.53. The fraction of sp³-hybridized carbons (Fsp3) is 0.167. The van der Waals surface area contributed by atoms with Crippen LogP contribution in [0.3, 0.4) is 0 Å². The number of nitrogens with zero attached hydrogens (tertiary/aromatic N) is 1. The van der Waals surface area contributed by atoms with Crippen molar-refractivity contribution in [2.75, 3.05) is 19.5 Å². The van der Waals surface area contributed by atoms with Crippen LogP contribution in [0.1, 0.15) is 15.9 Å². The summed E-state index contributed by atoms with van der Waals surface area (Å²) in [5, 5.41) is 6.68. The van der Waals surface area contributed by atoms with Gasteiger partial charge in [0.25, 0.3) is 5.91 Å². The zero-order valence-corrected chi connectivity index (χ0v) is 14.9. The molecule has 0 aliphatic rings. The SMILES string of the molecule is COC(=O)c1ccccc1NC(=O)C=NOCc1cc(Cl)ccc1OC. The highest BCUT2D eigenvalue weighted by Gasteiger charge is 2.12.